The Labute approximate surface area is 179 Å². The molecule has 2 aromatic rings. The fourth-order valence-electron chi connectivity index (χ4n) is 4.31. The second kappa shape index (κ2) is 9.79. The van der Waals surface area contributed by atoms with Crippen molar-refractivity contribution in [2.45, 2.75) is 58.4 Å². The fourth-order valence-corrected chi connectivity index (χ4v) is 4.31. The number of aromatic nitrogens is 2. The lowest BCUT2D eigenvalue weighted by atomic mass is 9.92. The summed E-state index contributed by atoms with van der Waals surface area (Å²) in [5.41, 5.74) is 2.72. The van der Waals surface area contributed by atoms with E-state index < -0.39 is 0 Å². The first-order chi connectivity index (χ1) is 14.6. The zero-order chi connectivity index (χ0) is 20.9. The van der Waals surface area contributed by atoms with Crippen LogP contribution in [-0.2, 0) is 17.8 Å². The molecular formula is C23H34N4O3. The number of rotatable bonds is 8. The fraction of sp³-hybridized carbons (Fsp3) is 0.652. The highest BCUT2D eigenvalue weighted by atomic mass is 16.7. The van der Waals surface area contributed by atoms with E-state index in [2.05, 4.69) is 47.1 Å². The summed E-state index contributed by atoms with van der Waals surface area (Å²) in [5, 5.41) is 6.08. The summed E-state index contributed by atoms with van der Waals surface area (Å²) in [6, 6.07) is 7.15. The van der Waals surface area contributed by atoms with Crippen molar-refractivity contribution in [1.29, 1.82) is 0 Å². The van der Waals surface area contributed by atoms with Crippen LogP contribution < -0.4 is 9.64 Å². The minimum Gasteiger partial charge on any atom is -0.494 e. The smallest absolute Gasteiger partial charge is 0.324 e. The van der Waals surface area contributed by atoms with Crippen LogP contribution >= 0.6 is 0 Å². The third-order valence-corrected chi connectivity index (χ3v) is 6.27. The molecule has 3 heterocycles. The van der Waals surface area contributed by atoms with Gasteiger partial charge in [-0.2, -0.15) is 10.0 Å². The van der Waals surface area contributed by atoms with Gasteiger partial charge in [-0.3, -0.25) is 0 Å². The van der Waals surface area contributed by atoms with Crippen LogP contribution in [-0.4, -0.2) is 48.6 Å². The molecule has 7 heteroatoms. The number of hydrogen-bond donors (Lipinski definition) is 0. The number of hydroxylamine groups is 2. The van der Waals surface area contributed by atoms with E-state index in [4.69, 9.17) is 14.1 Å². The molecule has 0 saturated carbocycles. The lowest BCUT2D eigenvalue weighted by Gasteiger charge is -2.30. The largest absolute Gasteiger partial charge is 0.494 e. The zero-order valence-electron chi connectivity index (χ0n) is 18.5. The molecule has 2 aliphatic heterocycles. The summed E-state index contributed by atoms with van der Waals surface area (Å²) in [5.74, 6) is 2.84. The number of nitrogens with zero attached hydrogens (tertiary/aromatic N) is 4. The molecule has 0 amide bonds. The monoisotopic (exact) mass is 414 g/mol. The van der Waals surface area contributed by atoms with Gasteiger partial charge in [0.05, 0.1) is 13.7 Å². The Morgan fingerprint density at radius 1 is 1.17 bits per heavy atom. The van der Waals surface area contributed by atoms with E-state index in [1.165, 1.54) is 30.4 Å². The van der Waals surface area contributed by atoms with Crippen LogP contribution in [0.3, 0.4) is 0 Å². The summed E-state index contributed by atoms with van der Waals surface area (Å²) < 4.78 is 11.5. The van der Waals surface area contributed by atoms with E-state index in [9.17, 15) is 0 Å². The molecular weight excluding hydrogens is 380 g/mol. The molecule has 4 rings (SSSR count). The van der Waals surface area contributed by atoms with Crippen LogP contribution in [0.25, 0.3) is 0 Å². The highest BCUT2D eigenvalue weighted by Crippen LogP contribution is 2.27. The van der Waals surface area contributed by atoms with Crippen molar-refractivity contribution >= 4 is 6.01 Å². The zero-order valence-corrected chi connectivity index (χ0v) is 18.5. The molecule has 0 radical (unpaired) electrons. The van der Waals surface area contributed by atoms with E-state index in [0.29, 0.717) is 11.9 Å². The Hall–Kier alpha value is -2.12. The van der Waals surface area contributed by atoms with Gasteiger partial charge in [-0.05, 0) is 61.3 Å². The number of anilines is 1. The maximum Gasteiger partial charge on any atom is 0.324 e. The first kappa shape index (κ1) is 21.1. The van der Waals surface area contributed by atoms with Gasteiger partial charge in [0.15, 0.2) is 5.82 Å². The predicted octanol–water partition coefficient (Wildman–Crippen LogP) is 4.19. The number of hydrogen-bond acceptors (Lipinski definition) is 7. The van der Waals surface area contributed by atoms with Gasteiger partial charge in [-0.25, -0.2) is 0 Å². The molecule has 1 fully saturated rings. The normalized spacial score (nSPS) is 18.1. The standard InChI is InChI=1S/C23H34N4O3/c1-17(2)22-24-23(30-25-22)26-11-8-18(9-12-26)5-4-14-29-21-7-6-20-16-27(28-3)13-10-19(20)15-21/h6-7,15,17-18H,4-5,8-14,16H2,1-3H3. The average molecular weight is 415 g/mol. The molecule has 7 nitrogen and oxygen atoms in total. The molecule has 2 aliphatic rings. The summed E-state index contributed by atoms with van der Waals surface area (Å²) in [6.07, 6.45) is 5.67. The summed E-state index contributed by atoms with van der Waals surface area (Å²) in [7, 11) is 1.74. The van der Waals surface area contributed by atoms with E-state index in [0.717, 1.165) is 63.1 Å². The Balaban J connectivity index is 1.16. The van der Waals surface area contributed by atoms with Crippen LogP contribution in [0, 0.1) is 5.92 Å². The van der Waals surface area contributed by atoms with E-state index in [1.807, 2.05) is 5.06 Å². The molecule has 0 aliphatic carbocycles. The predicted molar refractivity (Wildman–Crippen MR) is 116 cm³/mol. The minimum atomic E-state index is 0.301. The van der Waals surface area contributed by atoms with Gasteiger partial charge in [-0.1, -0.05) is 25.1 Å². The highest BCUT2D eigenvalue weighted by Gasteiger charge is 2.23. The second-order valence-corrected chi connectivity index (χ2v) is 8.74. The average Bonchev–Trinajstić information content (AvgIpc) is 3.27. The number of piperidine rings is 1. The maximum absolute atomic E-state index is 6.04. The van der Waals surface area contributed by atoms with Crippen LogP contribution in [0.5, 0.6) is 5.75 Å². The van der Waals surface area contributed by atoms with Gasteiger partial charge in [0.1, 0.15) is 5.75 Å². The lowest BCUT2D eigenvalue weighted by molar-refractivity contribution is -0.142. The summed E-state index contributed by atoms with van der Waals surface area (Å²) in [6.45, 7) is 8.73. The van der Waals surface area contributed by atoms with Crippen molar-refractivity contribution in [3.8, 4) is 5.75 Å². The van der Waals surface area contributed by atoms with Gasteiger partial charge >= 0.3 is 6.01 Å². The molecule has 164 valence electrons. The summed E-state index contributed by atoms with van der Waals surface area (Å²) >= 11 is 0. The van der Waals surface area contributed by atoms with E-state index in [-0.39, 0.29) is 0 Å². The first-order valence-electron chi connectivity index (χ1n) is 11.2. The van der Waals surface area contributed by atoms with Crippen molar-refractivity contribution in [3.63, 3.8) is 0 Å². The SMILES string of the molecule is CON1CCc2cc(OCCCC3CCN(c4nc(C(C)C)no4)CC3)ccc2C1. The van der Waals surface area contributed by atoms with Crippen LogP contribution in [0.1, 0.15) is 62.4 Å². The Bertz CT molecular complexity index is 815. The van der Waals surface area contributed by atoms with E-state index in [1.54, 1.807) is 7.11 Å². The molecule has 0 unspecified atom stereocenters. The first-order valence-corrected chi connectivity index (χ1v) is 11.2. The molecule has 0 bridgehead atoms. The molecule has 30 heavy (non-hydrogen) atoms. The van der Waals surface area contributed by atoms with Crippen molar-refractivity contribution in [2.24, 2.45) is 5.92 Å². The van der Waals surface area contributed by atoms with Crippen LogP contribution in [0.4, 0.5) is 6.01 Å². The number of benzene rings is 1. The summed E-state index contributed by atoms with van der Waals surface area (Å²) in [4.78, 5) is 12.1. The molecule has 1 aromatic carbocycles. The van der Waals surface area contributed by atoms with Gasteiger partial charge < -0.3 is 19.0 Å². The van der Waals surface area contributed by atoms with E-state index >= 15 is 0 Å². The maximum atomic E-state index is 6.04. The Morgan fingerprint density at radius 2 is 2.00 bits per heavy atom. The van der Waals surface area contributed by atoms with Crippen molar-refractivity contribution in [1.82, 2.24) is 15.2 Å². The Morgan fingerprint density at radius 3 is 2.73 bits per heavy atom. The van der Waals surface area contributed by atoms with Crippen LogP contribution in [0.2, 0.25) is 0 Å². The number of fused-ring (bicyclic) bond motifs is 1. The molecule has 0 atom stereocenters. The second-order valence-electron chi connectivity index (χ2n) is 8.74. The van der Waals surface area contributed by atoms with Crippen molar-refractivity contribution in [3.05, 3.63) is 35.2 Å². The topological polar surface area (TPSA) is 63.9 Å². The van der Waals surface area contributed by atoms with Crippen molar-refractivity contribution in [2.75, 3.05) is 38.3 Å². The highest BCUT2D eigenvalue weighted by molar-refractivity contribution is 5.37. The molecule has 0 spiro atoms. The third-order valence-electron chi connectivity index (χ3n) is 6.27. The van der Waals surface area contributed by atoms with Gasteiger partial charge in [0.25, 0.3) is 0 Å². The lowest BCUT2D eigenvalue weighted by Crippen LogP contribution is -2.34. The van der Waals surface area contributed by atoms with Crippen LogP contribution in [0.15, 0.2) is 22.7 Å². The number of ether oxygens (including phenoxy) is 1. The van der Waals surface area contributed by atoms with Gasteiger partial charge in [0, 0.05) is 32.1 Å². The van der Waals surface area contributed by atoms with Gasteiger partial charge in [-0.15, -0.1) is 0 Å². The van der Waals surface area contributed by atoms with Gasteiger partial charge in [0.2, 0.25) is 0 Å². The molecule has 1 aromatic heterocycles. The molecule has 1 saturated heterocycles. The van der Waals surface area contributed by atoms with Crippen molar-refractivity contribution < 1.29 is 14.1 Å². The minimum absolute atomic E-state index is 0.301. The third kappa shape index (κ3) is 5.13. The Kier molecular flexibility index (Phi) is 6.89. The molecule has 0 N–H and O–H groups in total. The quantitative estimate of drug-likeness (QED) is 0.600.